The summed E-state index contributed by atoms with van der Waals surface area (Å²) in [5, 5.41) is 27.8. The number of rotatable bonds is 9. The third-order valence-corrected chi connectivity index (χ3v) is 4.16. The fourth-order valence-corrected chi connectivity index (χ4v) is 2.75. The van der Waals surface area contributed by atoms with E-state index in [-0.39, 0.29) is 29.3 Å². The average molecular weight is 416 g/mol. The standard InChI is InChI=1S/C21H20O9/c1-27-16-7-6-12(8-17(16)28-11-18(24)25)20-21(29-10-13(23)9-22)19(26)14-4-2-3-5-15(14)30-20/h2-8,13,22-23H,9-11H2,1H3,(H,24,25). The Balaban J connectivity index is 2.14. The van der Waals surface area contributed by atoms with Crippen LogP contribution in [0.15, 0.2) is 51.7 Å². The molecule has 0 amide bonds. The van der Waals surface area contributed by atoms with Crippen LogP contribution in [0.3, 0.4) is 0 Å². The summed E-state index contributed by atoms with van der Waals surface area (Å²) in [6, 6.07) is 11.2. The van der Waals surface area contributed by atoms with Gasteiger partial charge in [-0.15, -0.1) is 0 Å². The molecule has 1 unspecified atom stereocenters. The van der Waals surface area contributed by atoms with Gasteiger partial charge in [-0.05, 0) is 30.3 Å². The van der Waals surface area contributed by atoms with Crippen molar-refractivity contribution in [3.63, 3.8) is 0 Å². The van der Waals surface area contributed by atoms with Crippen LogP contribution in [0, 0.1) is 0 Å². The van der Waals surface area contributed by atoms with Crippen LogP contribution in [0.5, 0.6) is 17.2 Å². The highest BCUT2D eigenvalue weighted by molar-refractivity contribution is 5.82. The first kappa shape index (κ1) is 21.2. The van der Waals surface area contributed by atoms with Crippen LogP contribution in [-0.4, -0.2) is 54.3 Å². The molecule has 30 heavy (non-hydrogen) atoms. The first-order valence-electron chi connectivity index (χ1n) is 8.95. The Labute approximate surface area is 170 Å². The summed E-state index contributed by atoms with van der Waals surface area (Å²) in [7, 11) is 1.41. The number of carboxylic acid groups (broad SMARTS) is 1. The molecule has 3 aromatic rings. The summed E-state index contributed by atoms with van der Waals surface area (Å²) in [6.45, 7) is -1.46. The first-order valence-corrected chi connectivity index (χ1v) is 8.95. The summed E-state index contributed by atoms with van der Waals surface area (Å²) >= 11 is 0. The normalized spacial score (nSPS) is 11.8. The van der Waals surface area contributed by atoms with Crippen molar-refractivity contribution in [1.82, 2.24) is 0 Å². The Bertz CT molecular complexity index is 1100. The Morgan fingerprint density at radius 1 is 1.13 bits per heavy atom. The quantitative estimate of drug-likeness (QED) is 0.476. The van der Waals surface area contributed by atoms with Crippen molar-refractivity contribution in [2.75, 3.05) is 26.9 Å². The summed E-state index contributed by atoms with van der Waals surface area (Å²) in [4.78, 5) is 23.8. The average Bonchev–Trinajstić information content (AvgIpc) is 2.76. The predicted octanol–water partition coefficient (Wildman–Crippen LogP) is 1.66. The smallest absolute Gasteiger partial charge is 0.341 e. The molecule has 1 aromatic heterocycles. The zero-order chi connectivity index (χ0) is 21.7. The fraction of sp³-hybridized carbons (Fsp3) is 0.238. The van der Waals surface area contributed by atoms with E-state index in [1.807, 2.05) is 0 Å². The van der Waals surface area contributed by atoms with Crippen LogP contribution >= 0.6 is 0 Å². The molecule has 3 N–H and O–H groups in total. The minimum absolute atomic E-state index is 0.0617. The fourth-order valence-electron chi connectivity index (χ4n) is 2.75. The van der Waals surface area contributed by atoms with Gasteiger partial charge >= 0.3 is 5.97 Å². The van der Waals surface area contributed by atoms with Gasteiger partial charge < -0.3 is 33.9 Å². The lowest BCUT2D eigenvalue weighted by atomic mass is 10.1. The SMILES string of the molecule is COc1ccc(-c2oc3ccccc3c(=O)c2OCC(O)CO)cc1OCC(=O)O. The van der Waals surface area contributed by atoms with Crippen molar-refractivity contribution < 1.29 is 38.7 Å². The van der Waals surface area contributed by atoms with E-state index in [2.05, 4.69) is 0 Å². The zero-order valence-electron chi connectivity index (χ0n) is 16.0. The van der Waals surface area contributed by atoms with Crippen LogP contribution in [0.1, 0.15) is 0 Å². The third kappa shape index (κ3) is 4.53. The van der Waals surface area contributed by atoms with Gasteiger partial charge in [0.25, 0.3) is 0 Å². The van der Waals surface area contributed by atoms with E-state index in [4.69, 9.17) is 28.8 Å². The predicted molar refractivity (Wildman–Crippen MR) is 106 cm³/mol. The summed E-state index contributed by atoms with van der Waals surface area (Å²) in [5.74, 6) is -0.834. The molecule has 0 aliphatic rings. The van der Waals surface area contributed by atoms with Gasteiger partial charge in [-0.25, -0.2) is 4.79 Å². The summed E-state index contributed by atoms with van der Waals surface area (Å²) in [6.07, 6.45) is -1.19. The maximum atomic E-state index is 13.0. The van der Waals surface area contributed by atoms with E-state index in [9.17, 15) is 14.7 Å². The summed E-state index contributed by atoms with van der Waals surface area (Å²) in [5.41, 5.74) is 0.227. The van der Waals surface area contributed by atoms with Gasteiger partial charge in [-0.2, -0.15) is 0 Å². The minimum Gasteiger partial charge on any atom is -0.493 e. The Hall–Kier alpha value is -3.56. The van der Waals surface area contributed by atoms with Crippen LogP contribution in [-0.2, 0) is 4.79 Å². The highest BCUT2D eigenvalue weighted by Crippen LogP contribution is 2.36. The van der Waals surface area contributed by atoms with Crippen molar-refractivity contribution in [3.05, 3.63) is 52.7 Å². The topological polar surface area (TPSA) is 136 Å². The second-order valence-corrected chi connectivity index (χ2v) is 6.28. The molecule has 1 atom stereocenters. The lowest BCUT2D eigenvalue weighted by molar-refractivity contribution is -0.139. The van der Waals surface area contributed by atoms with Gasteiger partial charge in [-0.1, -0.05) is 12.1 Å². The van der Waals surface area contributed by atoms with Crippen molar-refractivity contribution in [2.24, 2.45) is 0 Å². The molecular formula is C21H20O9. The van der Waals surface area contributed by atoms with Crippen LogP contribution in [0.4, 0.5) is 0 Å². The number of fused-ring (bicyclic) bond motifs is 1. The minimum atomic E-state index is -1.19. The molecule has 0 radical (unpaired) electrons. The molecule has 9 nitrogen and oxygen atoms in total. The third-order valence-electron chi connectivity index (χ3n) is 4.16. The van der Waals surface area contributed by atoms with Gasteiger partial charge in [0.05, 0.1) is 19.1 Å². The van der Waals surface area contributed by atoms with Gasteiger partial charge in [0, 0.05) is 5.56 Å². The number of para-hydroxylation sites is 1. The number of methoxy groups -OCH3 is 1. The molecule has 0 aliphatic heterocycles. The second-order valence-electron chi connectivity index (χ2n) is 6.28. The number of carboxylic acids is 1. The van der Waals surface area contributed by atoms with Crippen molar-refractivity contribution in [3.8, 4) is 28.6 Å². The molecule has 0 bridgehead atoms. The van der Waals surface area contributed by atoms with Crippen molar-refractivity contribution in [2.45, 2.75) is 6.10 Å². The van der Waals surface area contributed by atoms with Gasteiger partial charge in [0.2, 0.25) is 11.2 Å². The number of aliphatic carboxylic acids is 1. The van der Waals surface area contributed by atoms with E-state index in [0.717, 1.165) is 0 Å². The number of carbonyl (C=O) groups is 1. The number of hydrogen-bond acceptors (Lipinski definition) is 8. The number of aliphatic hydroxyl groups is 2. The zero-order valence-corrected chi connectivity index (χ0v) is 16.0. The van der Waals surface area contributed by atoms with Gasteiger partial charge in [0.15, 0.2) is 23.9 Å². The van der Waals surface area contributed by atoms with E-state index < -0.39 is 30.7 Å². The molecule has 0 saturated heterocycles. The Kier molecular flexibility index (Phi) is 6.55. The molecular weight excluding hydrogens is 396 g/mol. The maximum absolute atomic E-state index is 13.0. The van der Waals surface area contributed by atoms with Crippen LogP contribution in [0.2, 0.25) is 0 Å². The molecule has 9 heteroatoms. The largest absolute Gasteiger partial charge is 0.493 e. The number of benzene rings is 2. The van der Waals surface area contributed by atoms with Crippen LogP contribution in [0.25, 0.3) is 22.3 Å². The number of ether oxygens (including phenoxy) is 3. The highest BCUT2D eigenvalue weighted by atomic mass is 16.5. The molecule has 0 spiro atoms. The number of aliphatic hydroxyl groups excluding tert-OH is 2. The van der Waals surface area contributed by atoms with E-state index in [1.54, 1.807) is 30.3 Å². The Morgan fingerprint density at radius 3 is 2.60 bits per heavy atom. The first-order chi connectivity index (χ1) is 14.4. The second kappa shape index (κ2) is 9.29. The molecule has 0 saturated carbocycles. The lowest BCUT2D eigenvalue weighted by Crippen LogP contribution is -2.23. The molecule has 3 rings (SSSR count). The molecule has 0 aliphatic carbocycles. The number of hydrogen-bond donors (Lipinski definition) is 3. The van der Waals surface area contributed by atoms with Crippen molar-refractivity contribution in [1.29, 1.82) is 0 Å². The maximum Gasteiger partial charge on any atom is 0.341 e. The van der Waals surface area contributed by atoms with E-state index in [0.29, 0.717) is 16.9 Å². The van der Waals surface area contributed by atoms with E-state index >= 15 is 0 Å². The Morgan fingerprint density at radius 2 is 1.90 bits per heavy atom. The highest BCUT2D eigenvalue weighted by Gasteiger charge is 2.20. The molecule has 0 fully saturated rings. The lowest BCUT2D eigenvalue weighted by Gasteiger charge is -2.15. The van der Waals surface area contributed by atoms with E-state index in [1.165, 1.54) is 19.2 Å². The monoisotopic (exact) mass is 416 g/mol. The van der Waals surface area contributed by atoms with Gasteiger partial charge in [0.1, 0.15) is 18.3 Å². The van der Waals surface area contributed by atoms with Crippen LogP contribution < -0.4 is 19.6 Å². The van der Waals surface area contributed by atoms with Crippen molar-refractivity contribution >= 4 is 16.9 Å². The van der Waals surface area contributed by atoms with Gasteiger partial charge in [-0.3, -0.25) is 4.79 Å². The molecule has 1 heterocycles. The molecule has 158 valence electrons. The molecule has 2 aromatic carbocycles. The summed E-state index contributed by atoms with van der Waals surface area (Å²) < 4.78 is 21.8.